The van der Waals surface area contributed by atoms with E-state index >= 15 is 0 Å². The lowest BCUT2D eigenvalue weighted by Gasteiger charge is -2.48. The minimum Gasteiger partial charge on any atom is -0.432 e. The summed E-state index contributed by atoms with van der Waals surface area (Å²) >= 11 is 0. The molecule has 5 rings (SSSR count). The number of carbonyl (C=O) groups is 1. The second-order valence-electron chi connectivity index (χ2n) is 6.83. The van der Waals surface area contributed by atoms with Crippen LogP contribution in [-0.4, -0.2) is 41.0 Å². The van der Waals surface area contributed by atoms with Crippen LogP contribution < -0.4 is 11.1 Å². The number of rotatable bonds is 3. The number of nitrogens with zero attached hydrogens (tertiary/aromatic N) is 2. The van der Waals surface area contributed by atoms with E-state index < -0.39 is 0 Å². The molecule has 24 heavy (non-hydrogen) atoms. The Morgan fingerprint density at radius 3 is 2.96 bits per heavy atom. The molecule has 1 amide bonds. The number of nitrogen functional groups attached to an aromatic ring is 1. The fraction of sp³-hybridized carbons (Fsp3) is 0.444. The number of piperidine rings is 3. The molecule has 1 aromatic carbocycles. The van der Waals surface area contributed by atoms with Crippen molar-refractivity contribution in [2.45, 2.75) is 31.8 Å². The molecule has 3 N–H and O–H groups in total. The number of hydrogen-bond acceptors (Lipinski definition) is 5. The van der Waals surface area contributed by atoms with Gasteiger partial charge < -0.3 is 15.5 Å². The van der Waals surface area contributed by atoms with Gasteiger partial charge >= 0.3 is 5.91 Å². The highest BCUT2D eigenvalue weighted by Gasteiger charge is 2.39. The summed E-state index contributed by atoms with van der Waals surface area (Å²) in [5.41, 5.74) is 7.30. The van der Waals surface area contributed by atoms with Gasteiger partial charge in [-0.25, -0.2) is 4.98 Å². The normalized spacial score (nSPS) is 28.7. The summed E-state index contributed by atoms with van der Waals surface area (Å²) in [6, 6.07) is 8.18. The lowest BCUT2D eigenvalue weighted by Crippen LogP contribution is -2.60. The second kappa shape index (κ2) is 5.94. The molecule has 0 spiro atoms. The molecule has 3 aliphatic rings. The summed E-state index contributed by atoms with van der Waals surface area (Å²) in [4.78, 5) is 19.1. The summed E-state index contributed by atoms with van der Waals surface area (Å²) in [7, 11) is 0. The number of fused-ring (bicyclic) bond motifs is 3. The highest BCUT2D eigenvalue weighted by atomic mass is 16.4. The first-order chi connectivity index (χ1) is 11.6. The summed E-state index contributed by atoms with van der Waals surface area (Å²) in [6.07, 6.45) is 3.84. The van der Waals surface area contributed by atoms with Crippen molar-refractivity contribution in [3.05, 3.63) is 36.4 Å². The molecule has 2 aromatic rings. The first-order valence-electron chi connectivity index (χ1n) is 8.47. The van der Waals surface area contributed by atoms with E-state index in [1.807, 2.05) is 18.2 Å². The molecule has 0 radical (unpaired) electrons. The molecule has 4 heterocycles. The Hall–Kier alpha value is -2.34. The highest BCUT2D eigenvalue weighted by Crippen LogP contribution is 2.32. The third-order valence-electron chi connectivity index (χ3n) is 5.30. The van der Waals surface area contributed by atoms with Crippen LogP contribution in [-0.2, 0) is 0 Å². The van der Waals surface area contributed by atoms with Crippen LogP contribution in [0.2, 0.25) is 0 Å². The van der Waals surface area contributed by atoms with E-state index in [0.717, 1.165) is 31.5 Å². The van der Waals surface area contributed by atoms with E-state index in [2.05, 4.69) is 22.1 Å². The lowest BCUT2D eigenvalue weighted by atomic mass is 9.80. The standard InChI is InChI=1S/C18H22N4O2/c1-11-8-12-6-7-22(11)10-15(12)21-17(23)18-20-9-16(24-18)13-4-2-3-5-14(13)19/h2-5,9,11-12,15H,6-8,10,19H2,1H3,(H,21,23)/t11?,12?,15-/m0/s1. The van der Waals surface area contributed by atoms with Gasteiger partial charge in [-0.1, -0.05) is 12.1 Å². The first kappa shape index (κ1) is 15.2. The van der Waals surface area contributed by atoms with E-state index in [4.69, 9.17) is 10.2 Å². The average molecular weight is 326 g/mol. The molecule has 0 aliphatic carbocycles. The van der Waals surface area contributed by atoms with Crippen LogP contribution in [0, 0.1) is 5.92 Å². The van der Waals surface area contributed by atoms with Gasteiger partial charge in [0.05, 0.1) is 6.20 Å². The van der Waals surface area contributed by atoms with E-state index in [9.17, 15) is 4.79 Å². The Bertz CT molecular complexity index is 757. The van der Waals surface area contributed by atoms with Crippen molar-refractivity contribution in [1.82, 2.24) is 15.2 Å². The largest absolute Gasteiger partial charge is 0.432 e. The van der Waals surface area contributed by atoms with Gasteiger partial charge in [0.25, 0.3) is 5.89 Å². The van der Waals surface area contributed by atoms with E-state index in [0.29, 0.717) is 23.4 Å². The maximum absolute atomic E-state index is 12.5. The van der Waals surface area contributed by atoms with Crippen molar-refractivity contribution in [3.63, 3.8) is 0 Å². The predicted octanol–water partition coefficient (Wildman–Crippen LogP) is 2.14. The second-order valence-corrected chi connectivity index (χ2v) is 6.83. The lowest BCUT2D eigenvalue weighted by molar-refractivity contribution is 0.0267. The zero-order valence-corrected chi connectivity index (χ0v) is 13.7. The first-order valence-corrected chi connectivity index (χ1v) is 8.47. The van der Waals surface area contributed by atoms with Crippen LogP contribution in [0.15, 0.2) is 34.9 Å². The fourth-order valence-electron chi connectivity index (χ4n) is 3.91. The topological polar surface area (TPSA) is 84.4 Å². The van der Waals surface area contributed by atoms with Crippen molar-refractivity contribution >= 4 is 11.6 Å². The van der Waals surface area contributed by atoms with Gasteiger partial charge in [-0.05, 0) is 44.4 Å². The van der Waals surface area contributed by atoms with Gasteiger partial charge in [0.2, 0.25) is 0 Å². The molecule has 3 unspecified atom stereocenters. The number of para-hydroxylation sites is 1. The monoisotopic (exact) mass is 326 g/mol. The number of nitrogens with two attached hydrogens (primary N) is 1. The van der Waals surface area contributed by atoms with E-state index in [1.165, 1.54) is 0 Å². The summed E-state index contributed by atoms with van der Waals surface area (Å²) < 4.78 is 5.64. The molecule has 4 atom stereocenters. The molecule has 2 bridgehead atoms. The van der Waals surface area contributed by atoms with E-state index in [-0.39, 0.29) is 17.8 Å². The highest BCUT2D eigenvalue weighted by molar-refractivity contribution is 5.90. The average Bonchev–Trinajstić information content (AvgIpc) is 3.06. The number of oxazole rings is 1. The zero-order chi connectivity index (χ0) is 16.7. The number of nitrogens with one attached hydrogen (secondary N) is 1. The Balaban J connectivity index is 1.47. The fourth-order valence-corrected chi connectivity index (χ4v) is 3.91. The zero-order valence-electron chi connectivity index (χ0n) is 13.7. The van der Waals surface area contributed by atoms with Crippen LogP contribution in [0.25, 0.3) is 11.3 Å². The van der Waals surface area contributed by atoms with Crippen molar-refractivity contribution < 1.29 is 9.21 Å². The Labute approximate surface area is 141 Å². The summed E-state index contributed by atoms with van der Waals surface area (Å²) in [5.74, 6) is 0.911. The van der Waals surface area contributed by atoms with Gasteiger partial charge in [0.1, 0.15) is 0 Å². The molecule has 3 aliphatic heterocycles. The summed E-state index contributed by atoms with van der Waals surface area (Å²) in [5, 5.41) is 3.10. The van der Waals surface area contributed by atoms with E-state index in [1.54, 1.807) is 12.3 Å². The number of hydrogen-bond donors (Lipinski definition) is 2. The molecular weight excluding hydrogens is 304 g/mol. The molecule has 1 aromatic heterocycles. The molecule has 6 heteroatoms. The van der Waals surface area contributed by atoms with Crippen molar-refractivity contribution in [1.29, 1.82) is 0 Å². The molecule has 0 saturated carbocycles. The molecule has 126 valence electrons. The minimum atomic E-state index is -0.248. The Morgan fingerprint density at radius 2 is 2.25 bits per heavy atom. The number of carbonyl (C=O) groups excluding carboxylic acids is 1. The number of anilines is 1. The van der Waals surface area contributed by atoms with Crippen LogP contribution in [0.1, 0.15) is 30.5 Å². The molecular formula is C18H22N4O2. The number of benzene rings is 1. The third kappa shape index (κ3) is 2.67. The van der Waals surface area contributed by atoms with Crippen LogP contribution in [0.4, 0.5) is 5.69 Å². The van der Waals surface area contributed by atoms with Crippen LogP contribution >= 0.6 is 0 Å². The van der Waals surface area contributed by atoms with Crippen molar-refractivity contribution in [2.24, 2.45) is 5.92 Å². The van der Waals surface area contributed by atoms with Crippen LogP contribution in [0.5, 0.6) is 0 Å². The minimum absolute atomic E-state index is 0.0951. The van der Waals surface area contributed by atoms with Gasteiger partial charge in [0, 0.05) is 29.9 Å². The number of amides is 1. The van der Waals surface area contributed by atoms with Crippen LogP contribution in [0.3, 0.4) is 0 Å². The Kier molecular flexibility index (Phi) is 3.76. The summed E-state index contributed by atoms with van der Waals surface area (Å²) in [6.45, 7) is 4.31. The van der Waals surface area contributed by atoms with Crippen molar-refractivity contribution in [2.75, 3.05) is 18.8 Å². The maximum Gasteiger partial charge on any atom is 0.307 e. The molecule has 3 saturated heterocycles. The maximum atomic E-state index is 12.5. The number of aromatic nitrogens is 1. The molecule has 3 fully saturated rings. The third-order valence-corrected chi connectivity index (χ3v) is 5.30. The van der Waals surface area contributed by atoms with Gasteiger partial charge in [-0.3, -0.25) is 9.69 Å². The van der Waals surface area contributed by atoms with Gasteiger partial charge in [-0.15, -0.1) is 0 Å². The van der Waals surface area contributed by atoms with Gasteiger partial charge in [0.15, 0.2) is 5.76 Å². The van der Waals surface area contributed by atoms with Crippen molar-refractivity contribution in [3.8, 4) is 11.3 Å². The SMILES string of the molecule is CC1CC2CCN1C[C@@H]2NC(=O)c1ncc(-c2ccccc2N)o1. The Morgan fingerprint density at radius 1 is 1.42 bits per heavy atom. The molecule has 6 nitrogen and oxygen atoms in total. The quantitative estimate of drug-likeness (QED) is 0.844. The predicted molar refractivity (Wildman–Crippen MR) is 91.4 cm³/mol. The van der Waals surface area contributed by atoms with Gasteiger partial charge in [-0.2, -0.15) is 0 Å². The smallest absolute Gasteiger partial charge is 0.307 e.